The van der Waals surface area contributed by atoms with Crippen LogP contribution >= 0.6 is 23.2 Å². The third kappa shape index (κ3) is 9.68. The molecular weight excluding hydrogens is 745 g/mol. The number of nitrogens with one attached hydrogen (secondary N) is 1. The SMILES string of the molecule is COc1nc(-c2cccc(-c3ccnc(-c4cnn(CC5CN(C(=O)OC(C)(C)C)C5)c4)c3Cl)c2Cl)ccc1CN(C[C@@H]1CCC(=O)N1)C(=O)OC(C)(C)C. The predicted octanol–water partition coefficient (Wildman–Crippen LogP) is 7.87. The highest BCUT2D eigenvalue weighted by Gasteiger charge is 2.34. The second-order valence-electron chi connectivity index (χ2n) is 15.9. The van der Waals surface area contributed by atoms with Crippen molar-refractivity contribution in [3.05, 3.63) is 70.6 Å². The lowest BCUT2D eigenvalue weighted by Crippen LogP contribution is -2.52. The van der Waals surface area contributed by atoms with E-state index in [4.69, 9.17) is 42.4 Å². The van der Waals surface area contributed by atoms with Gasteiger partial charge in [0.1, 0.15) is 11.2 Å². The lowest BCUT2D eigenvalue weighted by atomic mass is 10.00. The van der Waals surface area contributed by atoms with Crippen molar-refractivity contribution in [2.24, 2.45) is 5.92 Å². The van der Waals surface area contributed by atoms with Crippen LogP contribution in [-0.4, -0.2) is 91.6 Å². The maximum absolute atomic E-state index is 13.3. The highest BCUT2D eigenvalue weighted by Crippen LogP contribution is 2.42. The van der Waals surface area contributed by atoms with Gasteiger partial charge in [0.25, 0.3) is 0 Å². The van der Waals surface area contributed by atoms with Crippen LogP contribution in [0.5, 0.6) is 5.88 Å². The molecule has 6 rings (SSSR count). The zero-order valence-electron chi connectivity index (χ0n) is 32.2. The molecule has 1 aromatic carbocycles. The zero-order valence-corrected chi connectivity index (χ0v) is 33.7. The molecule has 0 radical (unpaired) electrons. The van der Waals surface area contributed by atoms with Gasteiger partial charge in [-0.15, -0.1) is 0 Å². The minimum absolute atomic E-state index is 0.0350. The van der Waals surface area contributed by atoms with Gasteiger partial charge in [0.05, 0.1) is 41.3 Å². The van der Waals surface area contributed by atoms with Crippen molar-refractivity contribution in [3.8, 4) is 39.5 Å². The molecule has 0 aliphatic carbocycles. The van der Waals surface area contributed by atoms with Gasteiger partial charge in [0, 0.05) is 84.8 Å². The molecule has 4 aromatic rings. The first kappa shape index (κ1) is 39.8. The van der Waals surface area contributed by atoms with Gasteiger partial charge in [-0.1, -0.05) is 41.4 Å². The van der Waals surface area contributed by atoms with Gasteiger partial charge in [0.15, 0.2) is 0 Å². The van der Waals surface area contributed by atoms with E-state index >= 15 is 0 Å². The quantitative estimate of drug-likeness (QED) is 0.170. The van der Waals surface area contributed by atoms with E-state index in [0.717, 1.165) is 5.56 Å². The molecule has 15 heteroatoms. The fraction of sp³-hybridized carbons (Fsp3) is 0.450. The Morgan fingerprint density at radius 2 is 1.67 bits per heavy atom. The highest BCUT2D eigenvalue weighted by atomic mass is 35.5. The fourth-order valence-corrected chi connectivity index (χ4v) is 7.18. The van der Waals surface area contributed by atoms with Crippen LogP contribution in [0.3, 0.4) is 0 Å². The zero-order chi connectivity index (χ0) is 39.7. The third-order valence-corrected chi connectivity index (χ3v) is 9.88. The standard InChI is InChI=1S/C40H47Cl2N7O6/c1-39(2,3)54-37(51)47-18-24(19-47)20-49-22-26(17-44-49)35-34(42)29(15-16-43-35)28-9-8-10-30(33(28)41)31-13-11-25(36(46-31)53-7)21-48(38(52)55-40(4,5)6)23-27-12-14-32(50)45-27/h8-11,13,15-17,22,24,27H,12,14,18-21,23H2,1-7H3,(H,45,50)/t27-/m0/s1. The summed E-state index contributed by atoms with van der Waals surface area (Å²) in [7, 11) is 1.52. The molecule has 0 saturated carbocycles. The van der Waals surface area contributed by atoms with Gasteiger partial charge in [-0.25, -0.2) is 14.6 Å². The molecule has 0 spiro atoms. The number of nitrogens with zero attached hydrogens (tertiary/aromatic N) is 6. The Bertz CT molecular complexity index is 2070. The summed E-state index contributed by atoms with van der Waals surface area (Å²) in [5.74, 6) is 0.541. The summed E-state index contributed by atoms with van der Waals surface area (Å²) in [6.07, 6.45) is 5.56. The molecule has 1 atom stereocenters. The van der Waals surface area contributed by atoms with Crippen LogP contribution in [0.1, 0.15) is 59.9 Å². The van der Waals surface area contributed by atoms with E-state index in [1.165, 1.54) is 7.11 Å². The number of methoxy groups -OCH3 is 1. The Balaban J connectivity index is 1.19. The number of carbonyl (C=O) groups is 3. The van der Waals surface area contributed by atoms with Crippen molar-refractivity contribution < 1.29 is 28.6 Å². The average Bonchev–Trinajstić information content (AvgIpc) is 3.73. The van der Waals surface area contributed by atoms with Crippen LogP contribution in [0.2, 0.25) is 10.0 Å². The predicted molar refractivity (Wildman–Crippen MR) is 210 cm³/mol. The van der Waals surface area contributed by atoms with Crippen LogP contribution < -0.4 is 10.1 Å². The number of benzene rings is 1. The number of likely N-dealkylation sites (tertiary alicyclic amines) is 1. The van der Waals surface area contributed by atoms with E-state index in [9.17, 15) is 14.4 Å². The average molecular weight is 793 g/mol. The summed E-state index contributed by atoms with van der Waals surface area (Å²) in [5.41, 5.74) is 3.34. The summed E-state index contributed by atoms with van der Waals surface area (Å²) in [4.78, 5) is 50.2. The van der Waals surface area contributed by atoms with E-state index in [-0.39, 0.29) is 37.0 Å². The number of amides is 3. The molecule has 3 aromatic heterocycles. The smallest absolute Gasteiger partial charge is 0.410 e. The van der Waals surface area contributed by atoms with Gasteiger partial charge in [-0.05, 0) is 66.2 Å². The van der Waals surface area contributed by atoms with E-state index in [1.54, 1.807) is 22.2 Å². The van der Waals surface area contributed by atoms with Crippen LogP contribution in [-0.2, 0) is 27.4 Å². The molecule has 1 N–H and O–H groups in total. The molecule has 13 nitrogen and oxygen atoms in total. The second-order valence-corrected chi connectivity index (χ2v) is 16.7. The van der Waals surface area contributed by atoms with Crippen LogP contribution in [0, 0.1) is 5.92 Å². The summed E-state index contributed by atoms with van der Waals surface area (Å²) in [6.45, 7) is 13.3. The number of hydrogen-bond donors (Lipinski definition) is 1. The first-order valence-corrected chi connectivity index (χ1v) is 19.0. The van der Waals surface area contributed by atoms with E-state index in [2.05, 4.69) is 15.4 Å². The number of aromatic nitrogens is 4. The van der Waals surface area contributed by atoms with Crippen LogP contribution in [0.15, 0.2) is 55.0 Å². The molecule has 3 amide bonds. The fourth-order valence-electron chi connectivity index (χ4n) is 6.53. The third-order valence-electron chi connectivity index (χ3n) is 9.09. The van der Waals surface area contributed by atoms with Crippen molar-refractivity contribution in [1.29, 1.82) is 0 Å². The molecule has 292 valence electrons. The highest BCUT2D eigenvalue weighted by molar-refractivity contribution is 6.39. The number of hydrogen-bond acceptors (Lipinski definition) is 9. The number of pyridine rings is 2. The summed E-state index contributed by atoms with van der Waals surface area (Å²) < 4.78 is 18.7. The van der Waals surface area contributed by atoms with Crippen molar-refractivity contribution >= 4 is 41.3 Å². The lowest BCUT2D eigenvalue weighted by molar-refractivity contribution is -0.119. The van der Waals surface area contributed by atoms with E-state index < -0.39 is 17.3 Å². The summed E-state index contributed by atoms with van der Waals surface area (Å²) in [6, 6.07) is 11.0. The van der Waals surface area contributed by atoms with Gasteiger partial charge in [-0.3, -0.25) is 14.5 Å². The Hall–Kier alpha value is -4.88. The second kappa shape index (κ2) is 16.1. The first-order chi connectivity index (χ1) is 26.0. The van der Waals surface area contributed by atoms with Gasteiger partial charge < -0.3 is 29.3 Å². The molecule has 2 aliphatic heterocycles. The van der Waals surface area contributed by atoms with E-state index in [1.807, 2.05) is 88.8 Å². The summed E-state index contributed by atoms with van der Waals surface area (Å²) >= 11 is 14.2. The van der Waals surface area contributed by atoms with Crippen molar-refractivity contribution in [3.63, 3.8) is 0 Å². The Morgan fingerprint density at radius 1 is 0.964 bits per heavy atom. The lowest BCUT2D eigenvalue weighted by Gasteiger charge is -2.39. The molecule has 2 fully saturated rings. The maximum atomic E-state index is 13.3. The van der Waals surface area contributed by atoms with Gasteiger partial charge in [-0.2, -0.15) is 5.10 Å². The Labute approximate surface area is 331 Å². The molecule has 0 bridgehead atoms. The topological polar surface area (TPSA) is 141 Å². The minimum Gasteiger partial charge on any atom is -0.481 e. The van der Waals surface area contributed by atoms with Gasteiger partial charge in [0.2, 0.25) is 11.8 Å². The normalized spacial score (nSPS) is 16.1. The van der Waals surface area contributed by atoms with Crippen LogP contribution in [0.4, 0.5) is 9.59 Å². The van der Waals surface area contributed by atoms with E-state index in [0.29, 0.717) is 82.0 Å². The first-order valence-electron chi connectivity index (χ1n) is 18.2. The largest absolute Gasteiger partial charge is 0.481 e. The molecule has 0 unspecified atom stereocenters. The molecule has 2 saturated heterocycles. The number of rotatable bonds is 10. The molecular formula is C40H47Cl2N7O6. The molecule has 5 heterocycles. The minimum atomic E-state index is -0.701. The van der Waals surface area contributed by atoms with Crippen molar-refractivity contribution in [1.82, 2.24) is 34.9 Å². The Kier molecular flexibility index (Phi) is 11.6. The Morgan fingerprint density at radius 3 is 2.35 bits per heavy atom. The van der Waals surface area contributed by atoms with Crippen molar-refractivity contribution in [2.45, 2.75) is 84.7 Å². The van der Waals surface area contributed by atoms with Crippen molar-refractivity contribution in [2.75, 3.05) is 26.7 Å². The molecule has 2 aliphatic rings. The number of carbonyl (C=O) groups excluding carboxylic acids is 3. The van der Waals surface area contributed by atoms with Gasteiger partial charge >= 0.3 is 12.2 Å². The maximum Gasteiger partial charge on any atom is 0.410 e. The number of halogens is 2. The summed E-state index contributed by atoms with van der Waals surface area (Å²) in [5, 5.41) is 8.33. The molecule has 55 heavy (non-hydrogen) atoms. The van der Waals surface area contributed by atoms with Crippen LogP contribution in [0.25, 0.3) is 33.6 Å². The monoisotopic (exact) mass is 791 g/mol. The number of ether oxygens (including phenoxy) is 3.